The average molecular weight is 419 g/mol. The molecular weight excluding hydrogens is 398 g/mol. The second-order valence-electron chi connectivity index (χ2n) is 7.40. The van der Waals surface area contributed by atoms with Crippen molar-refractivity contribution in [2.75, 3.05) is 0 Å². The van der Waals surface area contributed by atoms with Crippen LogP contribution in [0.25, 0.3) is 33.1 Å². The summed E-state index contributed by atoms with van der Waals surface area (Å²) >= 11 is 0. The Bertz CT molecular complexity index is 1350. The van der Waals surface area contributed by atoms with E-state index in [0.29, 0.717) is 22.1 Å². The summed E-state index contributed by atoms with van der Waals surface area (Å²) in [5.41, 5.74) is 3.06. The van der Waals surface area contributed by atoms with Crippen LogP contribution in [-0.4, -0.2) is 23.0 Å². The number of nitrogens with one attached hydrogen (secondary N) is 1. The second-order valence-corrected chi connectivity index (χ2v) is 7.40. The molecule has 0 saturated heterocycles. The lowest BCUT2D eigenvalue weighted by atomic mass is 9.99. The molecule has 0 spiro atoms. The lowest BCUT2D eigenvalue weighted by Gasteiger charge is -2.13. The molecule has 0 aliphatic rings. The normalized spacial score (nSPS) is 12.2. The number of carbonyl (C=O) groups is 2. The largest absolute Gasteiger partial charge is 0.480 e. The van der Waals surface area contributed by atoms with E-state index in [-0.39, 0.29) is 18.4 Å². The maximum atomic E-state index is 12.5. The molecule has 2 aromatic carbocycles. The standard InChI is InChI=1S/C24H21NO6/c1-3-19(23(27)28)25-22(26)10-16-13(2)15-9-17-18(14-7-5-4-6-8-14)12-30-20(17)11-21(15)31-24(16)29/h4-9,11-12,19H,3,10H2,1-2H3,(H,25,26)(H,27,28). The van der Waals surface area contributed by atoms with Crippen LogP contribution in [0.2, 0.25) is 0 Å². The van der Waals surface area contributed by atoms with Crippen LogP contribution in [0.15, 0.2) is 62.4 Å². The smallest absolute Gasteiger partial charge is 0.340 e. The van der Waals surface area contributed by atoms with Gasteiger partial charge in [0.1, 0.15) is 17.2 Å². The molecule has 1 atom stereocenters. The number of amides is 1. The molecule has 0 aliphatic carbocycles. The van der Waals surface area contributed by atoms with E-state index >= 15 is 0 Å². The third-order valence-corrected chi connectivity index (χ3v) is 5.45. The first-order valence-corrected chi connectivity index (χ1v) is 9.94. The van der Waals surface area contributed by atoms with Crippen molar-refractivity contribution in [2.45, 2.75) is 32.7 Å². The zero-order chi connectivity index (χ0) is 22.1. The summed E-state index contributed by atoms with van der Waals surface area (Å²) in [6.45, 7) is 3.42. The monoisotopic (exact) mass is 419 g/mol. The van der Waals surface area contributed by atoms with E-state index in [2.05, 4.69) is 5.32 Å². The van der Waals surface area contributed by atoms with Gasteiger partial charge < -0.3 is 19.3 Å². The van der Waals surface area contributed by atoms with Crippen molar-refractivity contribution >= 4 is 33.8 Å². The van der Waals surface area contributed by atoms with E-state index in [4.69, 9.17) is 13.9 Å². The van der Waals surface area contributed by atoms with Crippen molar-refractivity contribution in [2.24, 2.45) is 0 Å². The van der Waals surface area contributed by atoms with Gasteiger partial charge in [-0.05, 0) is 30.5 Å². The number of aryl methyl sites for hydroxylation is 1. The van der Waals surface area contributed by atoms with Crippen molar-refractivity contribution in [3.63, 3.8) is 0 Å². The molecule has 0 saturated carbocycles. The summed E-state index contributed by atoms with van der Waals surface area (Å²) in [7, 11) is 0. The van der Waals surface area contributed by atoms with Gasteiger partial charge in [0.2, 0.25) is 5.91 Å². The summed E-state index contributed by atoms with van der Waals surface area (Å²) in [5.74, 6) is -1.66. The lowest BCUT2D eigenvalue weighted by Crippen LogP contribution is -2.41. The maximum absolute atomic E-state index is 12.5. The molecule has 7 heteroatoms. The molecule has 1 amide bonds. The quantitative estimate of drug-likeness (QED) is 0.457. The Hall–Kier alpha value is -3.87. The number of carbonyl (C=O) groups excluding carboxylic acids is 1. The van der Waals surface area contributed by atoms with Crippen molar-refractivity contribution < 1.29 is 23.5 Å². The number of hydrogen-bond acceptors (Lipinski definition) is 5. The van der Waals surface area contributed by atoms with Crippen LogP contribution >= 0.6 is 0 Å². The highest BCUT2D eigenvalue weighted by Gasteiger charge is 2.21. The van der Waals surface area contributed by atoms with E-state index in [1.54, 1.807) is 26.2 Å². The molecule has 0 fully saturated rings. The molecule has 2 aromatic heterocycles. The molecule has 2 N–H and O–H groups in total. The summed E-state index contributed by atoms with van der Waals surface area (Å²) in [6, 6.07) is 12.3. The minimum atomic E-state index is -1.12. The highest BCUT2D eigenvalue weighted by molar-refractivity contribution is 6.02. The summed E-state index contributed by atoms with van der Waals surface area (Å²) in [6.07, 6.45) is 1.65. The molecule has 2 heterocycles. The van der Waals surface area contributed by atoms with E-state index in [1.807, 2.05) is 36.4 Å². The van der Waals surface area contributed by atoms with Crippen LogP contribution in [0, 0.1) is 6.92 Å². The minimum Gasteiger partial charge on any atom is -0.480 e. The van der Waals surface area contributed by atoms with Gasteiger partial charge in [0.05, 0.1) is 18.2 Å². The van der Waals surface area contributed by atoms with Gasteiger partial charge in [0.15, 0.2) is 0 Å². The molecule has 4 aromatic rings. The van der Waals surface area contributed by atoms with Crippen molar-refractivity contribution in [1.82, 2.24) is 5.32 Å². The molecule has 0 bridgehead atoms. The molecule has 0 radical (unpaired) electrons. The number of benzene rings is 2. The van der Waals surface area contributed by atoms with E-state index in [0.717, 1.165) is 16.5 Å². The second kappa shape index (κ2) is 8.10. The van der Waals surface area contributed by atoms with Gasteiger partial charge in [-0.15, -0.1) is 0 Å². The molecule has 7 nitrogen and oxygen atoms in total. The Morgan fingerprint density at radius 2 is 1.84 bits per heavy atom. The molecular formula is C24H21NO6. The number of carboxylic acid groups (broad SMARTS) is 1. The number of fused-ring (bicyclic) bond motifs is 2. The average Bonchev–Trinajstić information content (AvgIpc) is 3.17. The van der Waals surface area contributed by atoms with Gasteiger partial charge in [0.25, 0.3) is 0 Å². The molecule has 31 heavy (non-hydrogen) atoms. The fraction of sp³-hybridized carbons (Fsp3) is 0.208. The number of rotatable bonds is 6. The Morgan fingerprint density at radius 1 is 1.10 bits per heavy atom. The summed E-state index contributed by atoms with van der Waals surface area (Å²) in [4.78, 5) is 36.1. The fourth-order valence-electron chi connectivity index (χ4n) is 3.70. The van der Waals surface area contributed by atoms with Crippen LogP contribution in [-0.2, 0) is 16.0 Å². The maximum Gasteiger partial charge on any atom is 0.340 e. The predicted molar refractivity (Wildman–Crippen MR) is 116 cm³/mol. The van der Waals surface area contributed by atoms with Crippen LogP contribution in [0.4, 0.5) is 0 Å². The summed E-state index contributed by atoms with van der Waals surface area (Å²) < 4.78 is 11.1. The number of carboxylic acids is 1. The number of furan rings is 1. The van der Waals surface area contributed by atoms with Crippen molar-refractivity contribution in [3.8, 4) is 11.1 Å². The Morgan fingerprint density at radius 3 is 2.52 bits per heavy atom. The molecule has 158 valence electrons. The molecule has 4 rings (SSSR count). The van der Waals surface area contributed by atoms with Gasteiger partial charge in [-0.25, -0.2) is 9.59 Å². The zero-order valence-electron chi connectivity index (χ0n) is 17.1. The van der Waals surface area contributed by atoms with Gasteiger partial charge in [0, 0.05) is 22.4 Å². The van der Waals surface area contributed by atoms with Gasteiger partial charge in [-0.3, -0.25) is 4.79 Å². The predicted octanol–water partition coefficient (Wildman–Crippen LogP) is 4.04. The highest BCUT2D eigenvalue weighted by atomic mass is 16.4. The van der Waals surface area contributed by atoms with Crippen molar-refractivity contribution in [3.05, 3.63) is 70.3 Å². The van der Waals surface area contributed by atoms with E-state index in [1.165, 1.54) is 0 Å². The Kier molecular flexibility index (Phi) is 5.33. The highest BCUT2D eigenvalue weighted by Crippen LogP contribution is 2.34. The Balaban J connectivity index is 1.77. The van der Waals surface area contributed by atoms with E-state index < -0.39 is 23.5 Å². The van der Waals surface area contributed by atoms with Crippen molar-refractivity contribution in [1.29, 1.82) is 0 Å². The van der Waals surface area contributed by atoms with Gasteiger partial charge >= 0.3 is 11.6 Å². The molecule has 0 aliphatic heterocycles. The van der Waals surface area contributed by atoms with Gasteiger partial charge in [-0.2, -0.15) is 0 Å². The van der Waals surface area contributed by atoms with Crippen LogP contribution in [0.5, 0.6) is 0 Å². The Labute approximate surface area is 177 Å². The third-order valence-electron chi connectivity index (χ3n) is 5.45. The first-order valence-electron chi connectivity index (χ1n) is 9.94. The van der Waals surface area contributed by atoms with Crippen LogP contribution in [0.1, 0.15) is 24.5 Å². The first-order chi connectivity index (χ1) is 14.9. The third kappa shape index (κ3) is 3.82. The molecule has 1 unspecified atom stereocenters. The number of hydrogen-bond donors (Lipinski definition) is 2. The van der Waals surface area contributed by atoms with Crippen LogP contribution < -0.4 is 10.9 Å². The number of aliphatic carboxylic acids is 1. The van der Waals surface area contributed by atoms with E-state index in [9.17, 15) is 14.4 Å². The minimum absolute atomic E-state index is 0.203. The fourth-order valence-corrected chi connectivity index (χ4v) is 3.70. The topological polar surface area (TPSA) is 110 Å². The van der Waals surface area contributed by atoms with Gasteiger partial charge in [-0.1, -0.05) is 37.3 Å². The lowest BCUT2D eigenvalue weighted by molar-refractivity contribution is -0.141. The van der Waals surface area contributed by atoms with Crippen LogP contribution in [0.3, 0.4) is 0 Å². The SMILES string of the molecule is CCC(NC(=O)Cc1c(C)c2cc3c(-c4ccccc4)coc3cc2oc1=O)C(=O)O. The zero-order valence-corrected chi connectivity index (χ0v) is 17.1. The summed E-state index contributed by atoms with van der Waals surface area (Å²) in [5, 5.41) is 13.1. The first kappa shape index (κ1) is 20.4.